The second kappa shape index (κ2) is 13.1. The van der Waals surface area contributed by atoms with E-state index in [4.69, 9.17) is 5.10 Å². The Morgan fingerprint density at radius 3 is 2.25 bits per heavy atom. The van der Waals surface area contributed by atoms with Gasteiger partial charge in [0, 0.05) is 30.3 Å². The van der Waals surface area contributed by atoms with Crippen molar-refractivity contribution in [3.63, 3.8) is 0 Å². The van der Waals surface area contributed by atoms with Crippen molar-refractivity contribution in [2.45, 2.75) is 72.8 Å². The predicted molar refractivity (Wildman–Crippen MR) is 143 cm³/mol. The zero-order valence-electron chi connectivity index (χ0n) is 22.0. The van der Waals surface area contributed by atoms with Crippen LogP contribution in [0.15, 0.2) is 54.6 Å². The van der Waals surface area contributed by atoms with E-state index in [-0.39, 0.29) is 17.4 Å². The van der Waals surface area contributed by atoms with Crippen molar-refractivity contribution in [1.82, 2.24) is 14.7 Å². The Balaban J connectivity index is 1.89. The first-order chi connectivity index (χ1) is 17.4. The maximum atomic E-state index is 13.7. The molecular weight excluding hydrogens is 450 g/mol. The molecule has 1 heterocycles. The second-order valence-electron chi connectivity index (χ2n) is 9.51. The molecule has 0 saturated heterocycles. The highest BCUT2D eigenvalue weighted by molar-refractivity contribution is 5.91. The smallest absolute Gasteiger partial charge is 0.337 e. The number of hydrogen-bond donors (Lipinski definition) is 1. The van der Waals surface area contributed by atoms with E-state index in [1.54, 1.807) is 22.9 Å². The zero-order chi connectivity index (χ0) is 26.1. The minimum Gasteiger partial charge on any atom is -0.478 e. The molecule has 1 N–H and O–H groups in total. The summed E-state index contributed by atoms with van der Waals surface area (Å²) < 4.78 is 1.70. The number of aromatic nitrogens is 2. The van der Waals surface area contributed by atoms with Gasteiger partial charge in [-0.1, -0.05) is 69.2 Å². The number of amides is 1. The van der Waals surface area contributed by atoms with Crippen molar-refractivity contribution in [2.75, 3.05) is 6.54 Å². The van der Waals surface area contributed by atoms with Crippen LogP contribution in [0.3, 0.4) is 0 Å². The Labute approximate surface area is 215 Å². The van der Waals surface area contributed by atoms with Crippen molar-refractivity contribution < 1.29 is 14.7 Å². The van der Waals surface area contributed by atoms with Crippen LogP contribution in [0.1, 0.15) is 78.8 Å². The minimum atomic E-state index is -0.987. The van der Waals surface area contributed by atoms with Gasteiger partial charge in [-0.15, -0.1) is 0 Å². The fourth-order valence-electron chi connectivity index (χ4n) is 4.90. The van der Waals surface area contributed by atoms with Crippen molar-refractivity contribution in [1.29, 1.82) is 0 Å². The van der Waals surface area contributed by atoms with Gasteiger partial charge >= 0.3 is 5.97 Å². The number of carboxylic acids is 1. The Morgan fingerprint density at radius 1 is 0.972 bits per heavy atom. The van der Waals surface area contributed by atoms with Gasteiger partial charge in [0.2, 0.25) is 5.91 Å². The lowest BCUT2D eigenvalue weighted by molar-refractivity contribution is -0.136. The molecule has 0 fully saturated rings. The Bertz CT molecular complexity index is 1150. The molecule has 0 aliphatic rings. The van der Waals surface area contributed by atoms with Crippen LogP contribution in [0.5, 0.6) is 0 Å². The van der Waals surface area contributed by atoms with Crippen LogP contribution >= 0.6 is 0 Å². The van der Waals surface area contributed by atoms with E-state index < -0.39 is 5.97 Å². The summed E-state index contributed by atoms with van der Waals surface area (Å²) >= 11 is 0. The lowest BCUT2D eigenvalue weighted by atomic mass is 9.96. The van der Waals surface area contributed by atoms with E-state index in [9.17, 15) is 14.7 Å². The first kappa shape index (κ1) is 27.2. The molecule has 0 aliphatic heterocycles. The van der Waals surface area contributed by atoms with Crippen LogP contribution in [-0.4, -0.2) is 38.2 Å². The zero-order valence-corrected chi connectivity index (χ0v) is 22.0. The highest BCUT2D eigenvalue weighted by atomic mass is 16.4. The Hall–Kier alpha value is -3.41. The van der Waals surface area contributed by atoms with Crippen LogP contribution in [-0.2, 0) is 17.8 Å². The monoisotopic (exact) mass is 489 g/mol. The molecule has 0 unspecified atom stereocenters. The normalized spacial score (nSPS) is 11.1. The molecule has 0 bridgehead atoms. The van der Waals surface area contributed by atoms with Crippen LogP contribution in [0.4, 0.5) is 0 Å². The maximum absolute atomic E-state index is 13.7. The van der Waals surface area contributed by atoms with E-state index in [0.717, 1.165) is 55.5 Å². The van der Waals surface area contributed by atoms with Gasteiger partial charge in [-0.25, -0.2) is 9.48 Å². The van der Waals surface area contributed by atoms with Crippen molar-refractivity contribution in [3.05, 3.63) is 82.7 Å². The number of aromatic carboxylic acids is 1. The van der Waals surface area contributed by atoms with Gasteiger partial charge in [0.1, 0.15) is 0 Å². The summed E-state index contributed by atoms with van der Waals surface area (Å²) in [6, 6.07) is 17.3. The number of nitrogens with zero attached hydrogens (tertiary/aromatic N) is 3. The summed E-state index contributed by atoms with van der Waals surface area (Å²) in [5.74, 6) is -0.747. The van der Waals surface area contributed by atoms with Gasteiger partial charge in [-0.2, -0.15) is 5.10 Å². The number of hydrogen-bond acceptors (Lipinski definition) is 3. The molecule has 2 aromatic carbocycles. The van der Waals surface area contributed by atoms with E-state index in [0.29, 0.717) is 18.8 Å². The Morgan fingerprint density at radius 2 is 1.61 bits per heavy atom. The van der Waals surface area contributed by atoms with Gasteiger partial charge < -0.3 is 10.0 Å². The summed E-state index contributed by atoms with van der Waals surface area (Å²) in [5.41, 5.74) is 4.68. The first-order valence-corrected chi connectivity index (χ1v) is 13.1. The molecule has 3 rings (SSSR count). The first-order valence-electron chi connectivity index (χ1n) is 13.1. The summed E-state index contributed by atoms with van der Waals surface area (Å²) in [5, 5.41) is 14.4. The van der Waals surface area contributed by atoms with Crippen LogP contribution in [0.2, 0.25) is 0 Å². The lowest BCUT2D eigenvalue weighted by Crippen LogP contribution is -2.37. The SMILES string of the molecule is CCCC(CCC)C(=O)N(CCCc1ccccc1)Cc1c(C)nn(-c2ccccc2C(=O)O)c1C. The Kier molecular flexibility index (Phi) is 9.86. The quantitative estimate of drug-likeness (QED) is 0.303. The number of rotatable bonds is 13. The van der Waals surface area contributed by atoms with Gasteiger partial charge in [0.15, 0.2) is 0 Å². The summed E-state index contributed by atoms with van der Waals surface area (Å²) in [7, 11) is 0. The fourth-order valence-corrected chi connectivity index (χ4v) is 4.90. The van der Waals surface area contributed by atoms with Gasteiger partial charge in [-0.3, -0.25) is 4.79 Å². The number of carbonyl (C=O) groups excluding carboxylic acids is 1. The molecule has 6 heteroatoms. The third-order valence-electron chi connectivity index (χ3n) is 6.82. The molecule has 192 valence electrons. The molecule has 0 saturated carbocycles. The number of benzene rings is 2. The largest absolute Gasteiger partial charge is 0.478 e. The molecule has 3 aromatic rings. The second-order valence-corrected chi connectivity index (χ2v) is 9.51. The van der Waals surface area contributed by atoms with Gasteiger partial charge in [0.25, 0.3) is 0 Å². The van der Waals surface area contributed by atoms with E-state index in [2.05, 4.69) is 26.0 Å². The van der Waals surface area contributed by atoms with Gasteiger partial charge in [-0.05, 0) is 57.2 Å². The molecule has 6 nitrogen and oxygen atoms in total. The van der Waals surface area contributed by atoms with E-state index >= 15 is 0 Å². The minimum absolute atomic E-state index is 0.0279. The van der Waals surface area contributed by atoms with Gasteiger partial charge in [0.05, 0.1) is 16.9 Å². The lowest BCUT2D eigenvalue weighted by Gasteiger charge is -2.28. The highest BCUT2D eigenvalue weighted by Gasteiger charge is 2.26. The number of aryl methyl sites for hydroxylation is 2. The van der Waals surface area contributed by atoms with Crippen molar-refractivity contribution in [3.8, 4) is 5.69 Å². The third-order valence-corrected chi connectivity index (χ3v) is 6.82. The summed E-state index contributed by atoms with van der Waals surface area (Å²) in [6.07, 6.45) is 5.55. The highest BCUT2D eigenvalue weighted by Crippen LogP contribution is 2.25. The average Bonchev–Trinajstić information content (AvgIpc) is 3.16. The van der Waals surface area contributed by atoms with Crippen LogP contribution < -0.4 is 0 Å². The molecule has 0 aliphatic carbocycles. The maximum Gasteiger partial charge on any atom is 0.337 e. The topological polar surface area (TPSA) is 75.4 Å². The molecule has 0 spiro atoms. The number of carboxylic acid groups (broad SMARTS) is 1. The van der Waals surface area contributed by atoms with Crippen LogP contribution in [0, 0.1) is 19.8 Å². The number of para-hydroxylation sites is 1. The molecule has 1 aromatic heterocycles. The molecular formula is C30H39N3O3. The van der Waals surface area contributed by atoms with Crippen molar-refractivity contribution >= 4 is 11.9 Å². The molecule has 0 atom stereocenters. The standard InChI is InChI=1S/C30H39N3O3/c1-5-13-25(14-6-2)29(34)32(20-12-17-24-15-8-7-9-16-24)21-27-22(3)31-33(23(27)4)28-19-11-10-18-26(28)30(35)36/h7-11,15-16,18-19,25H,5-6,12-14,17,20-21H2,1-4H3,(H,35,36). The molecule has 36 heavy (non-hydrogen) atoms. The fraction of sp³-hybridized carbons (Fsp3) is 0.433. The number of carbonyl (C=O) groups is 2. The van der Waals surface area contributed by atoms with Crippen molar-refractivity contribution in [2.24, 2.45) is 5.92 Å². The predicted octanol–water partition coefficient (Wildman–Crippen LogP) is 6.37. The molecule has 1 amide bonds. The van der Waals surface area contributed by atoms with E-state index in [1.807, 2.05) is 43.0 Å². The van der Waals surface area contributed by atoms with Crippen LogP contribution in [0.25, 0.3) is 5.69 Å². The average molecular weight is 490 g/mol. The molecule has 0 radical (unpaired) electrons. The summed E-state index contributed by atoms with van der Waals surface area (Å²) in [6.45, 7) is 9.31. The third kappa shape index (κ3) is 6.62. The van der Waals surface area contributed by atoms with E-state index in [1.165, 1.54) is 5.56 Å². The summed E-state index contributed by atoms with van der Waals surface area (Å²) in [4.78, 5) is 27.5.